The van der Waals surface area contributed by atoms with Crippen LogP contribution < -0.4 is 4.74 Å². The number of unbranched alkanes of at least 4 members (excludes halogenated alkanes) is 5. The van der Waals surface area contributed by atoms with Crippen molar-refractivity contribution >= 4 is 0 Å². The lowest BCUT2D eigenvalue weighted by Crippen LogP contribution is -2.37. The summed E-state index contributed by atoms with van der Waals surface area (Å²) in [4.78, 5) is 0. The molecule has 2 saturated carbocycles. The third-order valence-corrected chi connectivity index (χ3v) is 9.48. The molecule has 0 N–H and O–H groups in total. The fourth-order valence-electron chi connectivity index (χ4n) is 6.72. The summed E-state index contributed by atoms with van der Waals surface area (Å²) < 4.78 is 88.3. The molecule has 2 aromatic carbocycles. The number of ether oxygens (including phenoxy) is 1. The van der Waals surface area contributed by atoms with Gasteiger partial charge in [-0.15, -0.1) is 0 Å². The van der Waals surface area contributed by atoms with E-state index in [0.717, 1.165) is 36.2 Å². The molecular formula is C36H46F6O. The van der Waals surface area contributed by atoms with Crippen molar-refractivity contribution in [1.29, 1.82) is 0 Å². The van der Waals surface area contributed by atoms with Crippen LogP contribution in [-0.4, -0.2) is 6.11 Å². The Hall–Kier alpha value is -2.44. The maximum absolute atomic E-state index is 15.0. The van der Waals surface area contributed by atoms with Gasteiger partial charge in [0.1, 0.15) is 11.6 Å². The van der Waals surface area contributed by atoms with E-state index in [1.165, 1.54) is 82.8 Å². The molecule has 0 radical (unpaired) electrons. The lowest BCUT2D eigenvalue weighted by molar-refractivity contribution is -0.223. The second-order valence-electron chi connectivity index (χ2n) is 12.7. The fraction of sp³-hybridized carbons (Fsp3) is 0.611. The van der Waals surface area contributed by atoms with Crippen molar-refractivity contribution in [2.75, 3.05) is 0 Å². The fourth-order valence-corrected chi connectivity index (χ4v) is 6.72. The van der Waals surface area contributed by atoms with Crippen LogP contribution in [0.25, 0.3) is 11.1 Å². The van der Waals surface area contributed by atoms with E-state index >= 15 is 8.78 Å². The van der Waals surface area contributed by atoms with Crippen LogP contribution in [-0.2, 0) is 6.18 Å². The van der Waals surface area contributed by atoms with Crippen LogP contribution in [0.1, 0.15) is 109 Å². The summed E-state index contributed by atoms with van der Waals surface area (Å²) in [7, 11) is 0. The Labute approximate surface area is 253 Å². The summed E-state index contributed by atoms with van der Waals surface area (Å²) in [6.45, 7) is 2.25. The van der Waals surface area contributed by atoms with Crippen LogP contribution in [0.4, 0.5) is 26.3 Å². The Bertz CT molecular complexity index is 1140. The maximum atomic E-state index is 15.0. The topological polar surface area (TPSA) is 9.23 Å². The van der Waals surface area contributed by atoms with Gasteiger partial charge in [-0.3, -0.25) is 0 Å². The molecular weight excluding hydrogens is 562 g/mol. The molecule has 0 unspecified atom stereocenters. The van der Waals surface area contributed by atoms with Crippen molar-refractivity contribution < 1.29 is 31.1 Å². The molecule has 2 aromatic rings. The second-order valence-corrected chi connectivity index (χ2v) is 12.7. The van der Waals surface area contributed by atoms with Gasteiger partial charge < -0.3 is 4.74 Å². The summed E-state index contributed by atoms with van der Waals surface area (Å²) in [5.74, 6) is -0.321. The number of halogens is 6. The normalized spacial score (nSPS) is 23.5. The van der Waals surface area contributed by atoms with E-state index in [0.29, 0.717) is 37.5 Å². The molecule has 238 valence electrons. The minimum absolute atomic E-state index is 0.0166. The Kier molecular flexibility index (Phi) is 12.1. The summed E-state index contributed by atoms with van der Waals surface area (Å²) in [6.07, 6.45) is 13.2. The van der Waals surface area contributed by atoms with E-state index in [2.05, 4.69) is 19.1 Å². The smallest absolute Gasteiger partial charge is 0.416 e. The highest BCUT2D eigenvalue weighted by atomic mass is 19.4. The average Bonchev–Trinajstić information content (AvgIpc) is 2.98. The summed E-state index contributed by atoms with van der Waals surface area (Å²) in [5, 5.41) is 0. The van der Waals surface area contributed by atoms with Crippen LogP contribution in [0.5, 0.6) is 5.75 Å². The molecule has 2 aliphatic carbocycles. The maximum Gasteiger partial charge on any atom is 0.416 e. The molecule has 43 heavy (non-hydrogen) atoms. The zero-order chi connectivity index (χ0) is 30.9. The first-order valence-electron chi connectivity index (χ1n) is 16.3. The number of rotatable bonds is 13. The van der Waals surface area contributed by atoms with Gasteiger partial charge in [-0.25, -0.2) is 4.39 Å². The number of benzene rings is 2. The predicted molar refractivity (Wildman–Crippen MR) is 160 cm³/mol. The number of alkyl halides is 5. The summed E-state index contributed by atoms with van der Waals surface area (Å²) >= 11 is 0. The van der Waals surface area contributed by atoms with Crippen LogP contribution in [0.15, 0.2) is 54.6 Å². The lowest BCUT2D eigenvalue weighted by atomic mass is 9.77. The number of hydrogen-bond acceptors (Lipinski definition) is 1. The SMILES string of the molecule is CCCCCCCCC1CCC(/C=C/C2CCC(C(F)(F)Oc3ccc(-c4ccc(C(F)(F)F)cc4)c(F)c3)CC2)CC1. The van der Waals surface area contributed by atoms with Crippen LogP contribution in [0.2, 0.25) is 0 Å². The van der Waals surface area contributed by atoms with Crippen LogP contribution in [0, 0.1) is 29.5 Å². The Morgan fingerprint density at radius 2 is 1.30 bits per heavy atom. The molecule has 0 aliphatic heterocycles. The molecule has 0 saturated heterocycles. The molecule has 4 rings (SSSR count). The molecule has 0 atom stereocenters. The first-order chi connectivity index (χ1) is 20.5. The molecule has 0 spiro atoms. The lowest BCUT2D eigenvalue weighted by Gasteiger charge is -2.32. The van der Waals surface area contributed by atoms with E-state index in [4.69, 9.17) is 4.74 Å². The minimum atomic E-state index is -4.50. The van der Waals surface area contributed by atoms with Gasteiger partial charge in [0.15, 0.2) is 0 Å². The monoisotopic (exact) mass is 608 g/mol. The molecule has 0 aromatic heterocycles. The van der Waals surface area contributed by atoms with Crippen molar-refractivity contribution in [3.63, 3.8) is 0 Å². The summed E-state index contributed by atoms with van der Waals surface area (Å²) in [5.41, 5.74) is -0.609. The Morgan fingerprint density at radius 1 is 0.721 bits per heavy atom. The zero-order valence-corrected chi connectivity index (χ0v) is 25.3. The molecule has 2 aliphatic rings. The van der Waals surface area contributed by atoms with E-state index < -0.39 is 29.6 Å². The van der Waals surface area contributed by atoms with Crippen LogP contribution in [0.3, 0.4) is 0 Å². The van der Waals surface area contributed by atoms with Gasteiger partial charge in [-0.2, -0.15) is 22.0 Å². The average molecular weight is 609 g/mol. The first-order valence-corrected chi connectivity index (χ1v) is 16.3. The first kappa shape index (κ1) is 33.5. The van der Waals surface area contributed by atoms with Crippen molar-refractivity contribution in [2.45, 2.75) is 116 Å². The zero-order valence-electron chi connectivity index (χ0n) is 25.3. The number of hydrogen-bond donors (Lipinski definition) is 0. The third kappa shape index (κ3) is 10.0. The standard InChI is InChI=1S/C36H46F6O/c1-2-3-4-5-6-7-8-26-9-11-27(12-10-26)13-14-28-15-19-31(20-16-28)36(41,42)43-32-23-24-33(34(37)25-32)29-17-21-30(22-18-29)35(38,39)40/h13-14,17-18,21-28,31H,2-12,15-16,19-20H2,1H3/b14-13+. The Morgan fingerprint density at radius 3 is 1.88 bits per heavy atom. The molecule has 0 bridgehead atoms. The van der Waals surface area contributed by atoms with Gasteiger partial charge >= 0.3 is 12.3 Å². The van der Waals surface area contributed by atoms with Gasteiger partial charge in [0, 0.05) is 11.6 Å². The van der Waals surface area contributed by atoms with Crippen molar-refractivity contribution in [3.8, 4) is 16.9 Å². The quantitative estimate of drug-likeness (QED) is 0.125. The van der Waals surface area contributed by atoms with E-state index in [-0.39, 0.29) is 16.9 Å². The van der Waals surface area contributed by atoms with Gasteiger partial charge in [0.2, 0.25) is 0 Å². The van der Waals surface area contributed by atoms with Gasteiger partial charge in [-0.1, -0.05) is 76.2 Å². The molecule has 1 nitrogen and oxygen atoms in total. The summed E-state index contributed by atoms with van der Waals surface area (Å²) in [6, 6.07) is 7.41. The van der Waals surface area contributed by atoms with Gasteiger partial charge in [-0.05, 0) is 98.9 Å². The van der Waals surface area contributed by atoms with Crippen LogP contribution >= 0.6 is 0 Å². The molecule has 0 heterocycles. The predicted octanol–water partition coefficient (Wildman–Crippen LogP) is 12.4. The highest BCUT2D eigenvalue weighted by Gasteiger charge is 2.44. The molecule has 2 fully saturated rings. The highest BCUT2D eigenvalue weighted by molar-refractivity contribution is 5.65. The van der Waals surface area contributed by atoms with E-state index in [1.54, 1.807) is 0 Å². The Balaban J connectivity index is 1.19. The largest absolute Gasteiger partial charge is 0.432 e. The van der Waals surface area contributed by atoms with Crippen molar-refractivity contribution in [2.24, 2.45) is 23.7 Å². The molecule has 0 amide bonds. The van der Waals surface area contributed by atoms with Crippen molar-refractivity contribution in [3.05, 3.63) is 66.0 Å². The van der Waals surface area contributed by atoms with Crippen molar-refractivity contribution in [1.82, 2.24) is 0 Å². The minimum Gasteiger partial charge on any atom is -0.432 e. The van der Waals surface area contributed by atoms with Gasteiger partial charge in [0.25, 0.3) is 0 Å². The highest BCUT2D eigenvalue weighted by Crippen LogP contribution is 2.42. The molecule has 7 heteroatoms. The van der Waals surface area contributed by atoms with E-state index in [9.17, 15) is 17.6 Å². The van der Waals surface area contributed by atoms with Gasteiger partial charge in [0.05, 0.1) is 11.5 Å². The second kappa shape index (κ2) is 15.5. The van der Waals surface area contributed by atoms with E-state index in [1.807, 2.05) is 0 Å². The number of allylic oxidation sites excluding steroid dienone is 2. The third-order valence-electron chi connectivity index (χ3n) is 9.48.